The Morgan fingerprint density at radius 1 is 1.17 bits per heavy atom. The van der Waals surface area contributed by atoms with Gasteiger partial charge in [-0.1, -0.05) is 31.0 Å². The minimum Gasteiger partial charge on any atom is -0.374 e. The van der Waals surface area contributed by atoms with E-state index in [0.717, 1.165) is 62.3 Å². The van der Waals surface area contributed by atoms with Crippen LogP contribution in [-0.4, -0.2) is 35.2 Å². The van der Waals surface area contributed by atoms with E-state index in [2.05, 4.69) is 22.9 Å². The van der Waals surface area contributed by atoms with Crippen LogP contribution in [0, 0.1) is 5.82 Å². The molecule has 2 aliphatic rings. The van der Waals surface area contributed by atoms with Crippen molar-refractivity contribution in [2.24, 2.45) is 5.10 Å². The molecule has 2 aliphatic heterocycles. The number of fused-ring (bicyclic) bond motifs is 1. The molecule has 0 fully saturated rings. The predicted octanol–water partition coefficient (Wildman–Crippen LogP) is 5.44. The smallest absolute Gasteiger partial charge is 0.124 e. The second-order valence-electron chi connectivity index (χ2n) is 7.54. The van der Waals surface area contributed by atoms with Crippen molar-refractivity contribution in [2.45, 2.75) is 39.0 Å². The number of rotatable bonds is 7. The molecule has 0 N–H and O–H groups in total. The van der Waals surface area contributed by atoms with Gasteiger partial charge in [0.2, 0.25) is 0 Å². The molecule has 4 nitrogen and oxygen atoms in total. The zero-order chi connectivity index (χ0) is 20.2. The predicted molar refractivity (Wildman–Crippen MR) is 117 cm³/mol. The van der Waals surface area contributed by atoms with E-state index < -0.39 is 0 Å². The van der Waals surface area contributed by atoms with Crippen molar-refractivity contribution in [1.82, 2.24) is 9.88 Å². The van der Waals surface area contributed by atoms with E-state index in [0.29, 0.717) is 11.6 Å². The molecule has 6 heteroatoms. The number of hydrogen-bond donors (Lipinski definition) is 0. The number of hydrazone groups is 1. The highest BCUT2D eigenvalue weighted by atomic mass is 35.5. The Hall–Kier alpha value is -2.40. The summed E-state index contributed by atoms with van der Waals surface area (Å²) in [7, 11) is 0. The van der Waals surface area contributed by atoms with Gasteiger partial charge in [0, 0.05) is 49.1 Å². The van der Waals surface area contributed by atoms with Crippen molar-refractivity contribution in [3.63, 3.8) is 0 Å². The third-order valence-electron chi connectivity index (χ3n) is 5.57. The van der Waals surface area contributed by atoms with Gasteiger partial charge in [0.25, 0.3) is 0 Å². The highest BCUT2D eigenvalue weighted by molar-refractivity contribution is 6.33. The number of halogens is 2. The molecule has 3 heterocycles. The molecule has 0 bridgehead atoms. The fourth-order valence-corrected chi connectivity index (χ4v) is 4.30. The molecule has 1 aromatic heterocycles. The molecule has 2 aromatic rings. The monoisotopic (exact) mass is 412 g/mol. The van der Waals surface area contributed by atoms with E-state index in [1.807, 2.05) is 23.3 Å². The van der Waals surface area contributed by atoms with Crippen LogP contribution in [0.15, 0.2) is 59.0 Å². The van der Waals surface area contributed by atoms with Crippen LogP contribution in [0.4, 0.5) is 10.1 Å². The van der Waals surface area contributed by atoms with Crippen LogP contribution in [0.5, 0.6) is 0 Å². The van der Waals surface area contributed by atoms with Gasteiger partial charge >= 0.3 is 0 Å². The Balaban J connectivity index is 1.57. The van der Waals surface area contributed by atoms with Gasteiger partial charge in [-0.3, -0.25) is 9.99 Å². The number of allylic oxidation sites excluding steroid dienone is 1. The maximum absolute atomic E-state index is 13.4. The molecular weight excluding hydrogens is 387 g/mol. The van der Waals surface area contributed by atoms with Crippen molar-refractivity contribution < 1.29 is 4.39 Å². The summed E-state index contributed by atoms with van der Waals surface area (Å²) >= 11 is 6.29. The highest BCUT2D eigenvalue weighted by Gasteiger charge is 2.31. The van der Waals surface area contributed by atoms with Crippen LogP contribution >= 0.6 is 11.6 Å². The normalized spacial score (nSPS) is 16.3. The molecule has 0 saturated heterocycles. The van der Waals surface area contributed by atoms with Gasteiger partial charge in [-0.15, -0.1) is 0 Å². The van der Waals surface area contributed by atoms with E-state index in [4.69, 9.17) is 16.7 Å². The SMILES string of the molecule is CCCCC1=C2CN(c3ccc(F)cc3Cl)N=C2CCN1CCc1ccccn1. The molecule has 0 atom stereocenters. The maximum Gasteiger partial charge on any atom is 0.124 e. The van der Waals surface area contributed by atoms with Crippen LogP contribution in [0.25, 0.3) is 0 Å². The van der Waals surface area contributed by atoms with E-state index in [-0.39, 0.29) is 5.82 Å². The van der Waals surface area contributed by atoms with Crippen molar-refractivity contribution >= 4 is 23.0 Å². The van der Waals surface area contributed by atoms with Gasteiger partial charge < -0.3 is 4.90 Å². The number of anilines is 1. The second-order valence-corrected chi connectivity index (χ2v) is 7.94. The van der Waals surface area contributed by atoms with Gasteiger partial charge in [0.15, 0.2) is 0 Å². The second kappa shape index (κ2) is 8.95. The molecule has 0 amide bonds. The first-order valence-corrected chi connectivity index (χ1v) is 10.7. The van der Waals surface area contributed by atoms with Gasteiger partial charge in [0.05, 0.1) is 23.0 Å². The lowest BCUT2D eigenvalue weighted by Gasteiger charge is -2.33. The van der Waals surface area contributed by atoms with E-state index in [1.165, 1.54) is 23.4 Å². The van der Waals surface area contributed by atoms with Gasteiger partial charge in [-0.25, -0.2) is 4.39 Å². The summed E-state index contributed by atoms with van der Waals surface area (Å²) in [5.74, 6) is -0.327. The van der Waals surface area contributed by atoms with Gasteiger partial charge in [0.1, 0.15) is 5.82 Å². The summed E-state index contributed by atoms with van der Waals surface area (Å²) in [6, 6.07) is 10.6. The summed E-state index contributed by atoms with van der Waals surface area (Å²) < 4.78 is 13.4. The minimum atomic E-state index is -0.327. The maximum atomic E-state index is 13.4. The molecule has 1 aromatic carbocycles. The van der Waals surface area contributed by atoms with E-state index in [1.54, 1.807) is 6.07 Å². The first-order valence-electron chi connectivity index (χ1n) is 10.3. The molecule has 0 spiro atoms. The number of pyridine rings is 1. The largest absolute Gasteiger partial charge is 0.374 e. The summed E-state index contributed by atoms with van der Waals surface area (Å²) in [5, 5.41) is 7.14. The van der Waals surface area contributed by atoms with Crippen LogP contribution in [0.1, 0.15) is 38.3 Å². The Kier molecular flexibility index (Phi) is 6.14. The molecule has 4 rings (SSSR count). The molecule has 0 saturated carbocycles. The fourth-order valence-electron chi connectivity index (χ4n) is 4.03. The standard InChI is InChI=1S/C23H26ClFN4/c1-2-3-7-22-19-16-29(23-9-8-17(25)15-20(23)24)27-21(19)11-14-28(22)13-10-18-6-4-5-12-26-18/h4-6,8-9,12,15H,2-3,7,10-11,13-14,16H2,1H3. The average molecular weight is 413 g/mol. The quantitative estimate of drug-likeness (QED) is 0.606. The lowest BCUT2D eigenvalue weighted by atomic mass is 9.97. The highest BCUT2D eigenvalue weighted by Crippen LogP contribution is 2.35. The van der Waals surface area contributed by atoms with Crippen molar-refractivity contribution in [1.29, 1.82) is 0 Å². The molecule has 29 heavy (non-hydrogen) atoms. The van der Waals surface area contributed by atoms with Crippen LogP contribution < -0.4 is 5.01 Å². The molecule has 0 unspecified atom stereocenters. The lowest BCUT2D eigenvalue weighted by molar-refractivity contribution is 0.332. The third kappa shape index (κ3) is 4.45. The van der Waals surface area contributed by atoms with E-state index >= 15 is 0 Å². The minimum absolute atomic E-state index is 0.327. The zero-order valence-corrected chi connectivity index (χ0v) is 17.5. The van der Waals surface area contributed by atoms with Crippen molar-refractivity contribution in [2.75, 3.05) is 24.6 Å². The first kappa shape index (κ1) is 19.9. The van der Waals surface area contributed by atoms with E-state index in [9.17, 15) is 4.39 Å². The Morgan fingerprint density at radius 3 is 2.83 bits per heavy atom. The molecule has 0 aliphatic carbocycles. The van der Waals surface area contributed by atoms with Crippen LogP contribution in [-0.2, 0) is 6.42 Å². The molecule has 0 radical (unpaired) electrons. The summed E-state index contributed by atoms with van der Waals surface area (Å²) in [6.07, 6.45) is 7.08. The number of benzene rings is 1. The fraction of sp³-hybridized carbons (Fsp3) is 0.391. The molecule has 152 valence electrons. The van der Waals surface area contributed by atoms with Crippen LogP contribution in [0.2, 0.25) is 5.02 Å². The van der Waals surface area contributed by atoms with Gasteiger partial charge in [-0.2, -0.15) is 5.10 Å². The number of aromatic nitrogens is 1. The Labute approximate surface area is 176 Å². The van der Waals surface area contributed by atoms with Crippen molar-refractivity contribution in [3.05, 3.63) is 70.4 Å². The summed E-state index contributed by atoms with van der Waals surface area (Å²) in [6.45, 7) is 4.85. The Bertz CT molecular complexity index is 926. The lowest BCUT2D eigenvalue weighted by Crippen LogP contribution is -2.34. The van der Waals surface area contributed by atoms with Crippen molar-refractivity contribution in [3.8, 4) is 0 Å². The number of hydrogen-bond acceptors (Lipinski definition) is 4. The number of unbranched alkanes of at least 4 members (excludes halogenated alkanes) is 1. The molecular formula is C23H26ClFN4. The number of nitrogens with zero attached hydrogens (tertiary/aromatic N) is 4. The summed E-state index contributed by atoms with van der Waals surface area (Å²) in [4.78, 5) is 6.97. The van der Waals surface area contributed by atoms with Crippen LogP contribution in [0.3, 0.4) is 0 Å². The Morgan fingerprint density at radius 2 is 2.07 bits per heavy atom. The third-order valence-corrected chi connectivity index (χ3v) is 5.87. The topological polar surface area (TPSA) is 31.7 Å². The summed E-state index contributed by atoms with van der Waals surface area (Å²) in [5.41, 5.74) is 5.74. The van der Waals surface area contributed by atoms with Gasteiger partial charge in [-0.05, 0) is 43.2 Å². The first-order chi connectivity index (χ1) is 14.2. The zero-order valence-electron chi connectivity index (χ0n) is 16.7. The average Bonchev–Trinajstić information content (AvgIpc) is 3.15.